The molecule has 0 bridgehead atoms. The van der Waals surface area contributed by atoms with Crippen molar-refractivity contribution in [3.05, 3.63) is 95.5 Å². The van der Waals surface area contributed by atoms with E-state index in [0.29, 0.717) is 25.0 Å². The molecule has 2 aromatic rings. The van der Waals surface area contributed by atoms with Crippen molar-refractivity contribution >= 4 is 11.9 Å². The van der Waals surface area contributed by atoms with E-state index >= 15 is 0 Å². The summed E-state index contributed by atoms with van der Waals surface area (Å²) in [5.74, 6) is 6.63. The Hall–Kier alpha value is -3.78. The Balaban J connectivity index is 1.43. The van der Waals surface area contributed by atoms with Gasteiger partial charge in [0.2, 0.25) is 0 Å². The van der Waals surface area contributed by atoms with Crippen molar-refractivity contribution in [1.82, 2.24) is 0 Å². The molecule has 0 heterocycles. The van der Waals surface area contributed by atoms with Crippen molar-refractivity contribution < 1.29 is 23.8 Å². The summed E-state index contributed by atoms with van der Waals surface area (Å²) in [7, 11) is 0. The lowest BCUT2D eigenvalue weighted by Crippen LogP contribution is -2.14. The van der Waals surface area contributed by atoms with Crippen molar-refractivity contribution in [1.29, 1.82) is 0 Å². The molecule has 0 radical (unpaired) electrons. The zero-order chi connectivity index (χ0) is 27.1. The van der Waals surface area contributed by atoms with E-state index < -0.39 is 0 Å². The minimum atomic E-state index is 0.356. The van der Waals surface area contributed by atoms with Gasteiger partial charge in [0.25, 0.3) is 0 Å². The molecule has 204 valence electrons. The van der Waals surface area contributed by atoms with Crippen molar-refractivity contribution in [3.63, 3.8) is 0 Å². The third-order valence-electron chi connectivity index (χ3n) is 7.76. The monoisotopic (exact) mass is 526 g/mol. The highest BCUT2D eigenvalue weighted by Crippen LogP contribution is 2.35. The van der Waals surface area contributed by atoms with Crippen LogP contribution in [0.1, 0.15) is 64.2 Å². The van der Waals surface area contributed by atoms with E-state index in [1.54, 1.807) is 0 Å². The van der Waals surface area contributed by atoms with Crippen molar-refractivity contribution in [2.75, 3.05) is 13.2 Å². The smallest absolute Gasteiger partial charge is 0.123 e. The topological polar surface area (TPSA) is 61.8 Å². The first kappa shape index (κ1) is 28.2. The molecular weight excluding hydrogens is 488 g/mol. The van der Waals surface area contributed by atoms with Gasteiger partial charge in [0.1, 0.15) is 23.4 Å². The van der Waals surface area contributed by atoms with Crippen LogP contribution in [0.25, 0.3) is 0 Å². The lowest BCUT2D eigenvalue weighted by atomic mass is 9.81. The highest BCUT2D eigenvalue weighted by atomic mass is 16.5. The first-order chi connectivity index (χ1) is 19.2. The maximum absolute atomic E-state index is 11.1. The van der Waals surface area contributed by atoms with Gasteiger partial charge >= 0.3 is 0 Å². The van der Waals surface area contributed by atoms with Crippen LogP contribution in [0.3, 0.4) is 0 Å². The first-order valence-corrected chi connectivity index (χ1v) is 14.1. The van der Waals surface area contributed by atoms with Crippen LogP contribution < -0.4 is 9.47 Å². The van der Waals surface area contributed by atoms with Gasteiger partial charge in [0.05, 0.1) is 25.7 Å². The van der Waals surface area contributed by atoms with Crippen LogP contribution in [0.15, 0.2) is 95.5 Å². The first-order valence-electron chi connectivity index (χ1n) is 14.1. The van der Waals surface area contributed by atoms with Gasteiger partial charge in [-0.15, -0.1) is 0 Å². The zero-order valence-electron chi connectivity index (χ0n) is 22.6. The molecule has 0 atom stereocenters. The number of para-hydroxylation sites is 2. The summed E-state index contributed by atoms with van der Waals surface area (Å²) in [6, 6.07) is 19.7. The molecule has 5 heteroatoms. The van der Waals surface area contributed by atoms with Crippen LogP contribution in [0.2, 0.25) is 0 Å². The molecule has 0 aliphatic heterocycles. The Bertz CT molecular complexity index is 1090. The van der Waals surface area contributed by atoms with Crippen molar-refractivity contribution in [3.8, 4) is 11.5 Å². The summed E-state index contributed by atoms with van der Waals surface area (Å²) in [6.45, 7) is 1.13. The van der Waals surface area contributed by atoms with E-state index in [9.17, 15) is 9.59 Å². The van der Waals surface area contributed by atoms with Gasteiger partial charge in [-0.2, -0.15) is 0 Å². The fourth-order valence-corrected chi connectivity index (χ4v) is 5.41. The summed E-state index contributed by atoms with van der Waals surface area (Å²) in [4.78, 5) is 22.2. The van der Waals surface area contributed by atoms with E-state index in [0.717, 1.165) is 86.9 Å². The van der Waals surface area contributed by atoms with E-state index in [1.165, 1.54) is 11.1 Å². The van der Waals surface area contributed by atoms with Crippen molar-refractivity contribution in [2.45, 2.75) is 64.2 Å². The Kier molecular flexibility index (Phi) is 11.3. The van der Waals surface area contributed by atoms with Crippen LogP contribution in [0, 0.1) is 11.8 Å². The Morgan fingerprint density at radius 2 is 1.03 bits per heavy atom. The second-order valence-corrected chi connectivity index (χ2v) is 10.3. The second-order valence-electron chi connectivity index (χ2n) is 10.3. The molecule has 0 N–H and O–H groups in total. The van der Waals surface area contributed by atoms with E-state index in [4.69, 9.17) is 14.2 Å². The second kappa shape index (κ2) is 15.6. The Morgan fingerprint density at radius 1 is 0.641 bits per heavy atom. The third kappa shape index (κ3) is 9.18. The highest BCUT2D eigenvalue weighted by molar-refractivity contribution is 5.53. The molecule has 5 nitrogen and oxygen atoms in total. The van der Waals surface area contributed by atoms with Gasteiger partial charge in [0, 0.05) is 24.0 Å². The number of ether oxygens (including phenoxy) is 3. The van der Waals surface area contributed by atoms with Crippen LogP contribution in [-0.2, 0) is 14.3 Å². The summed E-state index contributed by atoms with van der Waals surface area (Å²) >= 11 is 0. The SMILES string of the molecule is O=C=C1CCC(C(=COC=C(CCOc2ccccc2)C2CCC(=C=O)CC2)CCOc2ccccc2)CC1. The Morgan fingerprint density at radius 3 is 1.38 bits per heavy atom. The predicted molar refractivity (Wildman–Crippen MR) is 153 cm³/mol. The molecule has 0 spiro atoms. The lowest BCUT2D eigenvalue weighted by Gasteiger charge is -2.26. The van der Waals surface area contributed by atoms with Gasteiger partial charge in [0.15, 0.2) is 0 Å². The van der Waals surface area contributed by atoms with E-state index in [1.807, 2.05) is 73.2 Å². The van der Waals surface area contributed by atoms with Gasteiger partial charge in [-0.1, -0.05) is 36.4 Å². The quantitative estimate of drug-likeness (QED) is 0.210. The van der Waals surface area contributed by atoms with Crippen LogP contribution in [0.4, 0.5) is 0 Å². The zero-order valence-corrected chi connectivity index (χ0v) is 22.6. The van der Waals surface area contributed by atoms with E-state index in [-0.39, 0.29) is 0 Å². The largest absolute Gasteiger partial charge is 0.493 e. The average molecular weight is 527 g/mol. The van der Waals surface area contributed by atoms with Gasteiger partial charge in [-0.3, -0.25) is 0 Å². The number of allylic oxidation sites excluding steroid dienone is 2. The van der Waals surface area contributed by atoms with Gasteiger partial charge < -0.3 is 14.2 Å². The molecular formula is C34H38O5. The number of hydrogen-bond donors (Lipinski definition) is 0. The summed E-state index contributed by atoms with van der Waals surface area (Å²) in [5, 5.41) is 0. The summed E-state index contributed by atoms with van der Waals surface area (Å²) in [5.41, 5.74) is 4.19. The van der Waals surface area contributed by atoms with E-state index in [2.05, 4.69) is 11.9 Å². The molecule has 2 aliphatic carbocycles. The van der Waals surface area contributed by atoms with Crippen molar-refractivity contribution in [2.24, 2.45) is 11.8 Å². The minimum Gasteiger partial charge on any atom is -0.493 e. The molecule has 2 fully saturated rings. The summed E-state index contributed by atoms with van der Waals surface area (Å²) in [6.07, 6.45) is 12.2. The normalized spacial score (nSPS) is 20.1. The molecule has 2 saturated carbocycles. The van der Waals surface area contributed by atoms with Gasteiger partial charge in [-0.25, -0.2) is 9.59 Å². The molecule has 2 aliphatic rings. The predicted octanol–water partition coefficient (Wildman–Crippen LogP) is 7.61. The lowest BCUT2D eigenvalue weighted by molar-refractivity contribution is 0.295. The fraction of sp³-hybridized carbons (Fsp3) is 0.412. The molecule has 0 saturated heterocycles. The summed E-state index contributed by atoms with van der Waals surface area (Å²) < 4.78 is 18.1. The van der Waals surface area contributed by atoms with Crippen LogP contribution >= 0.6 is 0 Å². The molecule has 2 aromatic carbocycles. The number of carbonyl (C=O) groups excluding carboxylic acids is 2. The minimum absolute atomic E-state index is 0.356. The fourth-order valence-electron chi connectivity index (χ4n) is 5.41. The van der Waals surface area contributed by atoms with Crippen LogP contribution in [-0.4, -0.2) is 25.1 Å². The highest BCUT2D eigenvalue weighted by Gasteiger charge is 2.23. The number of hydrogen-bond acceptors (Lipinski definition) is 5. The molecule has 39 heavy (non-hydrogen) atoms. The van der Waals surface area contributed by atoms with Crippen LogP contribution in [0.5, 0.6) is 11.5 Å². The molecule has 0 aromatic heterocycles. The maximum atomic E-state index is 11.1. The third-order valence-corrected chi connectivity index (χ3v) is 7.76. The number of benzene rings is 2. The molecule has 0 unspecified atom stereocenters. The average Bonchev–Trinajstić information content (AvgIpc) is 3.00. The Labute approximate surface area is 231 Å². The number of rotatable bonds is 12. The molecule has 4 rings (SSSR count). The molecule has 0 amide bonds. The standard InChI is InChI=1S/C34H38O5/c35-23-27-11-15-29(16-12-27)31(19-21-38-33-7-3-1-4-8-33)25-37-26-32(30-17-13-28(24-36)14-18-30)20-22-39-34-9-5-2-6-10-34/h1-10,25-26,29-30H,11-22H2. The van der Waals surface area contributed by atoms with Gasteiger partial charge in [-0.05, 0) is 98.6 Å². The maximum Gasteiger partial charge on any atom is 0.123 e.